The summed E-state index contributed by atoms with van der Waals surface area (Å²) in [6.45, 7) is 0.794. The van der Waals surface area contributed by atoms with Crippen molar-refractivity contribution in [3.05, 3.63) is 66.4 Å². The summed E-state index contributed by atoms with van der Waals surface area (Å²) in [6, 6.07) is 12.6. The quantitative estimate of drug-likeness (QED) is 0.686. The number of amides is 2. The highest BCUT2D eigenvalue weighted by atomic mass is 16.5. The normalized spacial score (nSPS) is 10.5. The zero-order valence-corrected chi connectivity index (χ0v) is 15.6. The first-order valence-corrected chi connectivity index (χ1v) is 8.50. The average Bonchev–Trinajstić information content (AvgIpc) is 3.32. The van der Waals surface area contributed by atoms with Gasteiger partial charge in [-0.3, -0.25) is 0 Å². The fourth-order valence-electron chi connectivity index (χ4n) is 2.73. The lowest BCUT2D eigenvalue weighted by molar-refractivity contribution is 0.200. The van der Waals surface area contributed by atoms with Gasteiger partial charge in [-0.15, -0.1) is 0 Å². The predicted molar refractivity (Wildman–Crippen MR) is 102 cm³/mol. The number of benzene rings is 1. The first-order chi connectivity index (χ1) is 13.1. The Kier molecular flexibility index (Phi) is 5.71. The van der Waals surface area contributed by atoms with Gasteiger partial charge in [0.05, 0.1) is 33.6 Å². The summed E-state index contributed by atoms with van der Waals surface area (Å²) in [4.78, 5) is 14.6. The number of ether oxygens (including phenoxy) is 2. The Morgan fingerprint density at radius 1 is 1.11 bits per heavy atom. The molecular weight excluding hydrogens is 346 g/mol. The third-order valence-electron chi connectivity index (χ3n) is 4.22. The predicted octanol–water partition coefficient (Wildman–Crippen LogP) is 3.87. The number of furan rings is 1. The molecule has 27 heavy (non-hydrogen) atoms. The molecule has 0 fully saturated rings. The maximum atomic E-state index is 13.0. The van der Waals surface area contributed by atoms with Crippen LogP contribution in [0, 0.1) is 0 Å². The molecule has 2 aromatic heterocycles. The van der Waals surface area contributed by atoms with Crippen molar-refractivity contribution in [1.29, 1.82) is 0 Å². The van der Waals surface area contributed by atoms with Crippen LogP contribution in [0.1, 0.15) is 11.5 Å². The van der Waals surface area contributed by atoms with Crippen LogP contribution >= 0.6 is 0 Å². The first-order valence-electron chi connectivity index (χ1n) is 8.50. The molecule has 0 aliphatic rings. The minimum atomic E-state index is -0.247. The van der Waals surface area contributed by atoms with Gasteiger partial charge in [0.25, 0.3) is 0 Å². The zero-order chi connectivity index (χ0) is 19.2. The Morgan fingerprint density at radius 3 is 2.41 bits per heavy atom. The molecule has 142 valence electrons. The maximum Gasteiger partial charge on any atom is 0.322 e. The van der Waals surface area contributed by atoms with E-state index in [0.717, 1.165) is 5.69 Å². The number of hydrogen-bond acceptors (Lipinski definition) is 4. The van der Waals surface area contributed by atoms with Gasteiger partial charge in [-0.2, -0.15) is 0 Å². The number of anilines is 1. The van der Waals surface area contributed by atoms with E-state index < -0.39 is 0 Å². The van der Waals surface area contributed by atoms with Crippen LogP contribution in [0.15, 0.2) is 59.3 Å². The number of carbonyl (C=O) groups excluding carboxylic acids is 1. The van der Waals surface area contributed by atoms with Crippen LogP contribution in [0.5, 0.6) is 11.5 Å². The highest BCUT2D eigenvalue weighted by Crippen LogP contribution is 2.26. The smallest absolute Gasteiger partial charge is 0.322 e. The molecule has 0 bridgehead atoms. The number of rotatable bonds is 7. The number of aryl methyl sites for hydroxylation is 1. The van der Waals surface area contributed by atoms with E-state index in [1.165, 1.54) is 0 Å². The summed E-state index contributed by atoms with van der Waals surface area (Å²) < 4.78 is 17.9. The minimum absolute atomic E-state index is 0.247. The molecule has 7 heteroatoms. The number of nitrogens with zero attached hydrogens (tertiary/aromatic N) is 2. The van der Waals surface area contributed by atoms with E-state index in [9.17, 15) is 4.79 Å². The second-order valence-corrected chi connectivity index (χ2v) is 6.08. The average molecular weight is 369 g/mol. The standard InChI is InChI=1S/C20H23N3O4/c1-22-8-4-6-16(22)13-23(14-17-7-5-9-27-17)20(24)21-15-10-18(25-2)12-19(11-15)26-3/h4-12H,13-14H2,1-3H3,(H,21,24). The molecule has 2 amide bonds. The van der Waals surface area contributed by atoms with Crippen molar-refractivity contribution in [2.45, 2.75) is 13.1 Å². The van der Waals surface area contributed by atoms with E-state index in [0.29, 0.717) is 36.0 Å². The van der Waals surface area contributed by atoms with E-state index in [1.54, 1.807) is 49.6 Å². The molecule has 0 saturated carbocycles. The van der Waals surface area contributed by atoms with Gasteiger partial charge in [0.1, 0.15) is 17.3 Å². The van der Waals surface area contributed by atoms with Crippen LogP contribution in [-0.2, 0) is 20.1 Å². The minimum Gasteiger partial charge on any atom is -0.497 e. The van der Waals surface area contributed by atoms with Crippen molar-refractivity contribution in [2.75, 3.05) is 19.5 Å². The number of methoxy groups -OCH3 is 2. The Balaban J connectivity index is 1.80. The molecule has 0 saturated heterocycles. The van der Waals surface area contributed by atoms with Gasteiger partial charge in [-0.25, -0.2) is 4.79 Å². The SMILES string of the molecule is COc1cc(NC(=O)N(Cc2ccco2)Cc2cccn2C)cc(OC)c1. The van der Waals surface area contributed by atoms with Gasteiger partial charge >= 0.3 is 6.03 Å². The van der Waals surface area contributed by atoms with Crippen molar-refractivity contribution in [1.82, 2.24) is 9.47 Å². The molecule has 1 aromatic carbocycles. The third-order valence-corrected chi connectivity index (χ3v) is 4.22. The van der Waals surface area contributed by atoms with Crippen molar-refractivity contribution < 1.29 is 18.7 Å². The molecular formula is C20H23N3O4. The highest BCUT2D eigenvalue weighted by Gasteiger charge is 2.18. The van der Waals surface area contributed by atoms with Gasteiger partial charge in [0.15, 0.2) is 0 Å². The third kappa shape index (κ3) is 4.63. The largest absolute Gasteiger partial charge is 0.497 e. The summed E-state index contributed by atoms with van der Waals surface area (Å²) in [5.74, 6) is 1.91. The molecule has 2 heterocycles. The van der Waals surface area contributed by atoms with E-state index in [1.807, 2.05) is 36.0 Å². The van der Waals surface area contributed by atoms with Gasteiger partial charge < -0.3 is 28.7 Å². The van der Waals surface area contributed by atoms with Crippen molar-refractivity contribution in [2.24, 2.45) is 7.05 Å². The van der Waals surface area contributed by atoms with Crippen LogP contribution in [0.25, 0.3) is 0 Å². The van der Waals surface area contributed by atoms with Crippen molar-refractivity contribution in [3.8, 4) is 11.5 Å². The van der Waals surface area contributed by atoms with Crippen molar-refractivity contribution in [3.63, 3.8) is 0 Å². The highest BCUT2D eigenvalue weighted by molar-refractivity contribution is 5.89. The van der Waals surface area contributed by atoms with Gasteiger partial charge in [-0.05, 0) is 24.3 Å². The second-order valence-electron chi connectivity index (χ2n) is 6.08. The summed E-state index contributed by atoms with van der Waals surface area (Å²) in [6.07, 6.45) is 3.55. The summed E-state index contributed by atoms with van der Waals surface area (Å²) >= 11 is 0. The fourth-order valence-corrected chi connectivity index (χ4v) is 2.73. The number of nitrogens with one attached hydrogen (secondary N) is 1. The van der Waals surface area contributed by atoms with Crippen LogP contribution in [-0.4, -0.2) is 29.7 Å². The molecule has 0 spiro atoms. The summed E-state index contributed by atoms with van der Waals surface area (Å²) in [5, 5.41) is 2.91. The van der Waals surface area contributed by atoms with E-state index in [2.05, 4.69) is 5.32 Å². The number of carbonyl (C=O) groups is 1. The number of urea groups is 1. The number of aromatic nitrogens is 1. The molecule has 3 aromatic rings. The Labute approximate surface area is 158 Å². The van der Waals surface area contributed by atoms with E-state index in [4.69, 9.17) is 13.9 Å². The molecule has 1 N–H and O–H groups in total. The molecule has 7 nitrogen and oxygen atoms in total. The number of hydrogen-bond donors (Lipinski definition) is 1. The van der Waals surface area contributed by atoms with Crippen LogP contribution in [0.4, 0.5) is 10.5 Å². The molecule has 0 aliphatic carbocycles. The van der Waals surface area contributed by atoms with Gasteiger partial charge in [0, 0.05) is 42.8 Å². The maximum absolute atomic E-state index is 13.0. The van der Waals surface area contributed by atoms with Crippen LogP contribution < -0.4 is 14.8 Å². The summed E-state index contributed by atoms with van der Waals surface area (Å²) in [5.41, 5.74) is 1.60. The van der Waals surface area contributed by atoms with Crippen LogP contribution in [0.2, 0.25) is 0 Å². The second kappa shape index (κ2) is 8.35. The fraction of sp³-hybridized carbons (Fsp3) is 0.250. The summed E-state index contributed by atoms with van der Waals surface area (Å²) in [7, 11) is 5.09. The monoisotopic (exact) mass is 369 g/mol. The first kappa shape index (κ1) is 18.4. The Hall–Kier alpha value is -3.35. The van der Waals surface area contributed by atoms with Crippen LogP contribution in [0.3, 0.4) is 0 Å². The van der Waals surface area contributed by atoms with Gasteiger partial charge in [0.2, 0.25) is 0 Å². The Morgan fingerprint density at radius 2 is 1.85 bits per heavy atom. The van der Waals surface area contributed by atoms with Gasteiger partial charge in [-0.1, -0.05) is 0 Å². The lowest BCUT2D eigenvalue weighted by Gasteiger charge is -2.23. The molecule has 0 aliphatic heterocycles. The van der Waals surface area contributed by atoms with E-state index in [-0.39, 0.29) is 6.03 Å². The molecule has 0 atom stereocenters. The van der Waals surface area contributed by atoms with Crippen molar-refractivity contribution >= 4 is 11.7 Å². The lowest BCUT2D eigenvalue weighted by Crippen LogP contribution is -2.34. The lowest BCUT2D eigenvalue weighted by atomic mass is 10.2. The topological polar surface area (TPSA) is 68.9 Å². The zero-order valence-electron chi connectivity index (χ0n) is 15.6. The molecule has 3 rings (SSSR count). The Bertz CT molecular complexity index is 864. The molecule has 0 radical (unpaired) electrons. The molecule has 0 unspecified atom stereocenters. The van der Waals surface area contributed by atoms with E-state index >= 15 is 0 Å².